The first kappa shape index (κ1) is 21.8. The van der Waals surface area contributed by atoms with E-state index in [2.05, 4.69) is 26.6 Å². The summed E-state index contributed by atoms with van der Waals surface area (Å²) in [5.74, 6) is 0.772. The van der Waals surface area contributed by atoms with Crippen LogP contribution in [-0.2, 0) is 0 Å². The van der Waals surface area contributed by atoms with E-state index in [0.717, 1.165) is 68.9 Å². The number of halogens is 1. The lowest BCUT2D eigenvalue weighted by Crippen LogP contribution is -2.52. The van der Waals surface area contributed by atoms with E-state index in [0.29, 0.717) is 6.54 Å². The van der Waals surface area contributed by atoms with Gasteiger partial charge in [0.25, 0.3) is 0 Å². The molecule has 3 N–H and O–H groups in total. The number of hydrogen-bond acceptors (Lipinski definition) is 4. The van der Waals surface area contributed by atoms with Crippen molar-refractivity contribution in [1.82, 2.24) is 10.6 Å². The monoisotopic (exact) mass is 483 g/mol. The minimum atomic E-state index is -0.604. The smallest absolute Gasteiger partial charge is 0.191 e. The third-order valence-corrected chi connectivity index (χ3v) is 5.29. The van der Waals surface area contributed by atoms with Gasteiger partial charge in [-0.15, -0.1) is 24.0 Å². The van der Waals surface area contributed by atoms with Crippen LogP contribution in [0.1, 0.15) is 44.6 Å². The average molecular weight is 483 g/mol. The molecule has 1 unspecified atom stereocenters. The largest absolute Gasteiger partial charge is 0.388 e. The van der Waals surface area contributed by atoms with Crippen molar-refractivity contribution in [3.05, 3.63) is 29.8 Å². The summed E-state index contributed by atoms with van der Waals surface area (Å²) in [5, 5.41) is 26.4. The van der Waals surface area contributed by atoms with Gasteiger partial charge in [0.15, 0.2) is 5.96 Å². The Morgan fingerprint density at radius 2 is 2.15 bits per heavy atom. The van der Waals surface area contributed by atoms with Gasteiger partial charge in [-0.2, -0.15) is 5.26 Å². The first-order valence-corrected chi connectivity index (χ1v) is 9.65. The lowest BCUT2D eigenvalue weighted by Gasteiger charge is -2.37. The summed E-state index contributed by atoms with van der Waals surface area (Å²) >= 11 is 0. The molecule has 0 spiro atoms. The Labute approximate surface area is 179 Å². The summed E-state index contributed by atoms with van der Waals surface area (Å²) in [6.45, 7) is 5.09. The van der Waals surface area contributed by atoms with E-state index in [4.69, 9.17) is 0 Å². The molecule has 148 valence electrons. The SMILES string of the molecule is CCNC(=NCC1(O)CCC1)NC1CCCN(c2ccccc2C#N)C1.I. The lowest BCUT2D eigenvalue weighted by molar-refractivity contribution is -0.0236. The number of nitriles is 1. The van der Waals surface area contributed by atoms with Crippen molar-refractivity contribution < 1.29 is 5.11 Å². The highest BCUT2D eigenvalue weighted by Crippen LogP contribution is 2.31. The summed E-state index contributed by atoms with van der Waals surface area (Å²) in [4.78, 5) is 6.89. The Morgan fingerprint density at radius 1 is 1.37 bits per heavy atom. The maximum absolute atomic E-state index is 10.3. The van der Waals surface area contributed by atoms with E-state index < -0.39 is 5.60 Å². The van der Waals surface area contributed by atoms with Gasteiger partial charge >= 0.3 is 0 Å². The first-order chi connectivity index (χ1) is 12.6. The van der Waals surface area contributed by atoms with Crippen molar-refractivity contribution >= 4 is 35.6 Å². The molecule has 0 aromatic heterocycles. The first-order valence-electron chi connectivity index (χ1n) is 9.65. The van der Waals surface area contributed by atoms with Crippen LogP contribution in [0.15, 0.2) is 29.3 Å². The van der Waals surface area contributed by atoms with E-state index in [1.54, 1.807) is 0 Å². The highest BCUT2D eigenvalue weighted by Gasteiger charge is 2.34. The number of guanidine groups is 1. The highest BCUT2D eigenvalue weighted by molar-refractivity contribution is 14.0. The van der Waals surface area contributed by atoms with Crippen molar-refractivity contribution in [2.24, 2.45) is 4.99 Å². The molecule has 1 saturated heterocycles. The maximum atomic E-state index is 10.3. The van der Waals surface area contributed by atoms with E-state index >= 15 is 0 Å². The van der Waals surface area contributed by atoms with Gasteiger partial charge in [-0.1, -0.05) is 12.1 Å². The lowest BCUT2D eigenvalue weighted by atomic mass is 9.80. The number of piperidine rings is 1. The fourth-order valence-electron chi connectivity index (χ4n) is 3.64. The minimum Gasteiger partial charge on any atom is -0.388 e. The van der Waals surface area contributed by atoms with Gasteiger partial charge in [0, 0.05) is 25.7 Å². The van der Waals surface area contributed by atoms with Gasteiger partial charge in [0.05, 0.1) is 23.4 Å². The molecule has 7 heteroatoms. The summed E-state index contributed by atoms with van der Waals surface area (Å²) in [6.07, 6.45) is 4.92. The van der Waals surface area contributed by atoms with Crippen molar-refractivity contribution in [3.8, 4) is 6.07 Å². The molecule has 1 atom stereocenters. The number of hydrogen-bond donors (Lipinski definition) is 3. The molecule has 2 fully saturated rings. The van der Waals surface area contributed by atoms with Crippen molar-refractivity contribution in [1.29, 1.82) is 5.26 Å². The number of para-hydroxylation sites is 1. The summed E-state index contributed by atoms with van der Waals surface area (Å²) in [5.41, 5.74) is 1.13. The zero-order valence-electron chi connectivity index (χ0n) is 15.9. The summed E-state index contributed by atoms with van der Waals surface area (Å²) in [6, 6.07) is 10.3. The number of aliphatic imine (C=N–C) groups is 1. The maximum Gasteiger partial charge on any atom is 0.191 e. The molecule has 3 rings (SSSR count). The Balaban J connectivity index is 0.00000261. The molecule has 0 radical (unpaired) electrons. The molecule has 27 heavy (non-hydrogen) atoms. The molecular weight excluding hydrogens is 453 g/mol. The van der Waals surface area contributed by atoms with Crippen LogP contribution >= 0.6 is 24.0 Å². The Bertz CT molecular complexity index is 683. The fraction of sp³-hybridized carbons (Fsp3) is 0.600. The second-order valence-corrected chi connectivity index (χ2v) is 7.33. The molecular formula is C20H30IN5O. The molecule has 1 aromatic carbocycles. The van der Waals surface area contributed by atoms with Gasteiger partial charge in [0.2, 0.25) is 0 Å². The van der Waals surface area contributed by atoms with Crippen LogP contribution in [0.25, 0.3) is 0 Å². The summed E-state index contributed by atoms with van der Waals surface area (Å²) in [7, 11) is 0. The minimum absolute atomic E-state index is 0. The number of anilines is 1. The quantitative estimate of drug-likeness (QED) is 0.341. The van der Waals surface area contributed by atoms with E-state index in [1.165, 1.54) is 0 Å². The van der Waals surface area contributed by atoms with Crippen molar-refractivity contribution in [3.63, 3.8) is 0 Å². The molecule has 0 amide bonds. The third-order valence-electron chi connectivity index (χ3n) is 5.29. The third kappa shape index (κ3) is 5.72. The van der Waals surface area contributed by atoms with Gasteiger partial charge in [-0.05, 0) is 51.2 Å². The molecule has 1 heterocycles. The van der Waals surface area contributed by atoms with Crippen LogP contribution < -0.4 is 15.5 Å². The van der Waals surface area contributed by atoms with Crippen LogP contribution in [0.5, 0.6) is 0 Å². The summed E-state index contributed by atoms with van der Waals surface area (Å²) < 4.78 is 0. The second kappa shape index (κ2) is 10.1. The van der Waals surface area contributed by atoms with Crippen molar-refractivity contribution in [2.75, 3.05) is 31.1 Å². The van der Waals surface area contributed by atoms with E-state index in [1.807, 2.05) is 31.2 Å². The fourth-order valence-corrected chi connectivity index (χ4v) is 3.64. The van der Waals surface area contributed by atoms with Gasteiger partial charge in [0.1, 0.15) is 6.07 Å². The number of nitrogens with zero attached hydrogens (tertiary/aromatic N) is 3. The van der Waals surface area contributed by atoms with Gasteiger partial charge < -0.3 is 20.6 Å². The van der Waals surface area contributed by atoms with Gasteiger partial charge in [-0.25, -0.2) is 0 Å². The zero-order valence-corrected chi connectivity index (χ0v) is 18.3. The second-order valence-electron chi connectivity index (χ2n) is 7.33. The molecule has 2 aliphatic rings. The molecule has 1 aliphatic carbocycles. The Morgan fingerprint density at radius 3 is 2.81 bits per heavy atom. The van der Waals surface area contributed by atoms with Crippen LogP contribution in [-0.4, -0.2) is 48.9 Å². The average Bonchev–Trinajstić information content (AvgIpc) is 2.65. The van der Waals surface area contributed by atoms with Crippen LogP contribution in [0.3, 0.4) is 0 Å². The molecule has 6 nitrogen and oxygen atoms in total. The van der Waals surface area contributed by atoms with Crippen LogP contribution in [0.2, 0.25) is 0 Å². The standard InChI is InChI=1S/C20H29N5O.HI/c1-2-22-19(23-15-20(26)10-6-11-20)24-17-8-5-12-25(14-17)18-9-4-3-7-16(18)13-21;/h3-4,7,9,17,26H,2,5-6,8,10-12,14-15H2,1H3,(H2,22,23,24);1H. The topological polar surface area (TPSA) is 83.7 Å². The van der Waals surface area contributed by atoms with Crippen LogP contribution in [0.4, 0.5) is 5.69 Å². The predicted molar refractivity (Wildman–Crippen MR) is 120 cm³/mol. The molecule has 1 aromatic rings. The molecule has 1 aliphatic heterocycles. The number of rotatable bonds is 5. The van der Waals surface area contributed by atoms with Crippen molar-refractivity contribution in [2.45, 2.75) is 50.7 Å². The molecule has 0 bridgehead atoms. The predicted octanol–water partition coefficient (Wildman–Crippen LogP) is 2.62. The Kier molecular flexibility index (Phi) is 8.17. The van der Waals surface area contributed by atoms with Crippen LogP contribution in [0, 0.1) is 11.3 Å². The van der Waals surface area contributed by atoms with Gasteiger partial charge in [-0.3, -0.25) is 4.99 Å². The number of aliphatic hydroxyl groups is 1. The molecule has 1 saturated carbocycles. The normalized spacial score (nSPS) is 21.4. The zero-order chi connectivity index (χ0) is 18.4. The number of benzene rings is 1. The number of nitrogens with one attached hydrogen (secondary N) is 2. The highest BCUT2D eigenvalue weighted by atomic mass is 127. The van der Waals surface area contributed by atoms with E-state index in [-0.39, 0.29) is 30.0 Å². The van der Waals surface area contributed by atoms with E-state index in [9.17, 15) is 10.4 Å². The Hall–Kier alpha value is -1.53.